The van der Waals surface area contributed by atoms with Crippen LogP contribution < -0.4 is 15.0 Å². The molecule has 0 bridgehead atoms. The van der Waals surface area contributed by atoms with Crippen molar-refractivity contribution in [3.63, 3.8) is 0 Å². The second kappa shape index (κ2) is 8.16. The number of carbonyl (C=O) groups excluding carboxylic acids is 2. The summed E-state index contributed by atoms with van der Waals surface area (Å²) in [6.07, 6.45) is 2.70. The Balaban J connectivity index is 1.75. The van der Waals surface area contributed by atoms with Gasteiger partial charge in [-0.15, -0.1) is 0 Å². The summed E-state index contributed by atoms with van der Waals surface area (Å²) in [6.45, 7) is 4.94. The number of halogens is 1. The molecule has 0 spiro atoms. The van der Waals surface area contributed by atoms with Gasteiger partial charge in [-0.05, 0) is 42.7 Å². The van der Waals surface area contributed by atoms with Gasteiger partial charge in [0.15, 0.2) is 0 Å². The van der Waals surface area contributed by atoms with Crippen LogP contribution in [0.15, 0.2) is 36.5 Å². The Bertz CT molecular complexity index is 854. The van der Waals surface area contributed by atoms with E-state index in [9.17, 15) is 14.0 Å². The highest BCUT2D eigenvalue weighted by molar-refractivity contribution is 6.06. The zero-order valence-electron chi connectivity index (χ0n) is 15.4. The van der Waals surface area contributed by atoms with Gasteiger partial charge in [0.1, 0.15) is 11.4 Å². The van der Waals surface area contributed by atoms with Crippen molar-refractivity contribution >= 4 is 23.2 Å². The molecule has 0 saturated carbocycles. The van der Waals surface area contributed by atoms with Crippen LogP contribution in [0.5, 0.6) is 5.88 Å². The minimum Gasteiger partial charge on any atom is -0.477 e. The van der Waals surface area contributed by atoms with Gasteiger partial charge in [-0.1, -0.05) is 13.8 Å². The third kappa shape index (κ3) is 4.42. The van der Waals surface area contributed by atoms with Crippen LogP contribution in [0.25, 0.3) is 0 Å². The average molecular weight is 371 g/mol. The van der Waals surface area contributed by atoms with Crippen LogP contribution in [0.1, 0.15) is 37.0 Å². The van der Waals surface area contributed by atoms with Crippen molar-refractivity contribution in [2.45, 2.75) is 26.7 Å². The van der Waals surface area contributed by atoms with E-state index in [1.807, 2.05) is 13.8 Å². The molecular formula is C20H22FN3O3. The minimum absolute atomic E-state index is 0.0898. The molecule has 1 aromatic carbocycles. The van der Waals surface area contributed by atoms with Crippen molar-refractivity contribution in [1.29, 1.82) is 0 Å². The standard InChI is InChI=1S/C20H22FN3O3/c1-13(2)12-27-20-15(5-3-9-22-20)19(26)23-14-7-8-17(16(21)11-14)24-10-4-6-18(24)25/h3,5,7-9,11,13H,4,6,10,12H2,1-2H3,(H,23,26). The predicted octanol–water partition coefficient (Wildman–Crippen LogP) is 3.63. The summed E-state index contributed by atoms with van der Waals surface area (Å²) in [4.78, 5) is 29.9. The third-order valence-electron chi connectivity index (χ3n) is 4.14. The molecule has 3 rings (SSSR count). The number of nitrogens with one attached hydrogen (secondary N) is 1. The first-order valence-corrected chi connectivity index (χ1v) is 8.95. The minimum atomic E-state index is -0.550. The third-order valence-corrected chi connectivity index (χ3v) is 4.14. The van der Waals surface area contributed by atoms with E-state index in [4.69, 9.17) is 4.74 Å². The number of carbonyl (C=O) groups is 2. The SMILES string of the molecule is CC(C)COc1ncccc1C(=O)Nc1ccc(N2CCCC2=O)c(F)c1. The lowest BCUT2D eigenvalue weighted by atomic mass is 10.2. The molecule has 1 saturated heterocycles. The molecule has 1 aromatic heterocycles. The average Bonchev–Trinajstić information content (AvgIpc) is 3.06. The van der Waals surface area contributed by atoms with E-state index in [2.05, 4.69) is 10.3 Å². The molecule has 1 fully saturated rings. The fourth-order valence-corrected chi connectivity index (χ4v) is 2.83. The fraction of sp³-hybridized carbons (Fsp3) is 0.350. The number of hydrogen-bond donors (Lipinski definition) is 1. The Morgan fingerprint density at radius 2 is 2.19 bits per heavy atom. The molecule has 142 valence electrons. The molecule has 2 heterocycles. The molecule has 2 aromatic rings. The van der Waals surface area contributed by atoms with E-state index >= 15 is 0 Å². The molecule has 2 amide bonds. The molecule has 0 radical (unpaired) electrons. The van der Waals surface area contributed by atoms with Crippen molar-refractivity contribution in [2.24, 2.45) is 5.92 Å². The highest BCUT2D eigenvalue weighted by Crippen LogP contribution is 2.27. The first-order chi connectivity index (χ1) is 13.0. The van der Waals surface area contributed by atoms with Gasteiger partial charge < -0.3 is 15.0 Å². The van der Waals surface area contributed by atoms with Crippen LogP contribution in [-0.2, 0) is 4.79 Å². The van der Waals surface area contributed by atoms with E-state index < -0.39 is 11.7 Å². The summed E-state index contributed by atoms with van der Waals surface area (Å²) in [5.74, 6) is -0.550. The van der Waals surface area contributed by atoms with Gasteiger partial charge in [0.25, 0.3) is 5.91 Å². The van der Waals surface area contributed by atoms with E-state index in [1.165, 1.54) is 17.0 Å². The smallest absolute Gasteiger partial charge is 0.261 e. The Kier molecular flexibility index (Phi) is 5.69. The fourth-order valence-electron chi connectivity index (χ4n) is 2.83. The Hall–Kier alpha value is -2.96. The maximum atomic E-state index is 14.4. The van der Waals surface area contributed by atoms with E-state index in [1.54, 1.807) is 24.4 Å². The number of benzene rings is 1. The van der Waals surface area contributed by atoms with Gasteiger partial charge in [0, 0.05) is 24.8 Å². The number of amides is 2. The highest BCUT2D eigenvalue weighted by atomic mass is 19.1. The lowest BCUT2D eigenvalue weighted by Gasteiger charge is -2.17. The van der Waals surface area contributed by atoms with Gasteiger partial charge >= 0.3 is 0 Å². The monoisotopic (exact) mass is 371 g/mol. The van der Waals surface area contributed by atoms with Crippen LogP contribution in [-0.4, -0.2) is 29.9 Å². The Morgan fingerprint density at radius 3 is 2.85 bits per heavy atom. The topological polar surface area (TPSA) is 71.5 Å². The molecule has 1 N–H and O–H groups in total. The summed E-state index contributed by atoms with van der Waals surface area (Å²) in [7, 11) is 0. The second-order valence-electron chi connectivity index (χ2n) is 6.83. The predicted molar refractivity (Wildman–Crippen MR) is 101 cm³/mol. The summed E-state index contributed by atoms with van der Waals surface area (Å²) in [6, 6.07) is 7.54. The number of nitrogens with zero attached hydrogens (tertiary/aromatic N) is 2. The maximum absolute atomic E-state index is 14.4. The molecule has 0 aliphatic carbocycles. The lowest BCUT2D eigenvalue weighted by molar-refractivity contribution is -0.117. The molecule has 0 atom stereocenters. The van der Waals surface area contributed by atoms with Crippen molar-refractivity contribution < 1.29 is 18.7 Å². The number of hydrogen-bond acceptors (Lipinski definition) is 4. The Morgan fingerprint density at radius 1 is 1.37 bits per heavy atom. The van der Waals surface area contributed by atoms with Crippen molar-refractivity contribution in [2.75, 3.05) is 23.4 Å². The second-order valence-corrected chi connectivity index (χ2v) is 6.83. The zero-order valence-corrected chi connectivity index (χ0v) is 15.4. The van der Waals surface area contributed by atoms with Crippen molar-refractivity contribution in [3.8, 4) is 5.88 Å². The highest BCUT2D eigenvalue weighted by Gasteiger charge is 2.24. The molecule has 27 heavy (non-hydrogen) atoms. The number of anilines is 2. The van der Waals surface area contributed by atoms with E-state index in [-0.39, 0.29) is 29.0 Å². The van der Waals surface area contributed by atoms with Gasteiger partial charge in [0.05, 0.1) is 12.3 Å². The molecule has 1 aliphatic heterocycles. The van der Waals surface area contributed by atoms with Gasteiger partial charge in [-0.3, -0.25) is 9.59 Å². The molecular weight excluding hydrogens is 349 g/mol. The summed E-state index contributed by atoms with van der Waals surface area (Å²) in [5.41, 5.74) is 0.807. The van der Waals surface area contributed by atoms with Gasteiger partial charge in [-0.2, -0.15) is 0 Å². The number of aromatic nitrogens is 1. The summed E-state index contributed by atoms with van der Waals surface area (Å²) in [5, 5.41) is 2.65. The zero-order chi connectivity index (χ0) is 19.4. The van der Waals surface area contributed by atoms with Crippen LogP contribution in [0.4, 0.5) is 15.8 Å². The van der Waals surface area contributed by atoms with Crippen LogP contribution >= 0.6 is 0 Å². The number of ether oxygens (including phenoxy) is 1. The van der Waals surface area contributed by atoms with Gasteiger partial charge in [0.2, 0.25) is 11.8 Å². The first kappa shape index (κ1) is 18.8. The quantitative estimate of drug-likeness (QED) is 0.842. The van der Waals surface area contributed by atoms with Crippen LogP contribution in [0.2, 0.25) is 0 Å². The van der Waals surface area contributed by atoms with Crippen LogP contribution in [0, 0.1) is 11.7 Å². The number of pyridine rings is 1. The lowest BCUT2D eigenvalue weighted by Crippen LogP contribution is -2.24. The molecule has 0 unspecified atom stereocenters. The Labute approximate surface area is 157 Å². The summed E-state index contributed by atoms with van der Waals surface area (Å²) < 4.78 is 20.0. The summed E-state index contributed by atoms with van der Waals surface area (Å²) >= 11 is 0. The van der Waals surface area contributed by atoms with E-state index in [0.717, 1.165) is 6.42 Å². The normalized spacial score (nSPS) is 13.9. The molecule has 7 heteroatoms. The largest absolute Gasteiger partial charge is 0.477 e. The molecule has 1 aliphatic rings. The molecule has 6 nitrogen and oxygen atoms in total. The van der Waals surface area contributed by atoms with E-state index in [0.29, 0.717) is 25.3 Å². The van der Waals surface area contributed by atoms with Crippen LogP contribution in [0.3, 0.4) is 0 Å². The van der Waals surface area contributed by atoms with Gasteiger partial charge in [-0.25, -0.2) is 9.37 Å². The maximum Gasteiger partial charge on any atom is 0.261 e. The first-order valence-electron chi connectivity index (χ1n) is 8.95. The van der Waals surface area contributed by atoms with Crippen molar-refractivity contribution in [1.82, 2.24) is 4.98 Å². The van der Waals surface area contributed by atoms with Crippen molar-refractivity contribution in [3.05, 3.63) is 47.9 Å². The number of rotatable bonds is 6.